The van der Waals surface area contributed by atoms with Gasteiger partial charge in [-0.1, -0.05) is 6.58 Å². The molecular formula is C10H20N2O. The van der Waals surface area contributed by atoms with Crippen LogP contribution in [0.2, 0.25) is 0 Å². The van der Waals surface area contributed by atoms with E-state index in [1.807, 2.05) is 0 Å². The lowest BCUT2D eigenvalue weighted by molar-refractivity contribution is -0.0457. The van der Waals surface area contributed by atoms with E-state index < -0.39 is 0 Å². The first-order chi connectivity index (χ1) is 6.13. The van der Waals surface area contributed by atoms with Crippen LogP contribution < -0.4 is 5.73 Å². The monoisotopic (exact) mass is 184 g/mol. The van der Waals surface area contributed by atoms with Crippen molar-refractivity contribution in [2.45, 2.75) is 26.0 Å². The molecular weight excluding hydrogens is 164 g/mol. The van der Waals surface area contributed by atoms with Crippen molar-refractivity contribution in [3.63, 3.8) is 0 Å². The summed E-state index contributed by atoms with van der Waals surface area (Å²) in [6.45, 7) is 11.5. The SMILES string of the molecule is C=C(CN)CN1CC(C)OCC1C. The maximum Gasteiger partial charge on any atom is 0.0674 e. The Morgan fingerprint density at radius 1 is 1.62 bits per heavy atom. The number of rotatable bonds is 3. The molecule has 2 atom stereocenters. The molecule has 0 radical (unpaired) electrons. The fourth-order valence-corrected chi connectivity index (χ4v) is 1.54. The van der Waals surface area contributed by atoms with E-state index in [-0.39, 0.29) is 0 Å². The van der Waals surface area contributed by atoms with E-state index in [1.54, 1.807) is 0 Å². The maximum atomic E-state index is 5.53. The molecule has 2 N–H and O–H groups in total. The third-order valence-corrected chi connectivity index (χ3v) is 2.45. The Kier molecular flexibility index (Phi) is 3.90. The molecule has 0 spiro atoms. The van der Waals surface area contributed by atoms with Crippen molar-refractivity contribution < 1.29 is 4.74 Å². The average Bonchev–Trinajstić information content (AvgIpc) is 2.11. The zero-order valence-electron chi connectivity index (χ0n) is 8.62. The van der Waals surface area contributed by atoms with Crippen LogP contribution in [0.1, 0.15) is 13.8 Å². The molecule has 0 aromatic rings. The minimum atomic E-state index is 0.335. The second kappa shape index (κ2) is 4.74. The molecule has 1 aliphatic heterocycles. The fourth-order valence-electron chi connectivity index (χ4n) is 1.54. The molecule has 1 saturated heterocycles. The van der Waals surface area contributed by atoms with Gasteiger partial charge in [-0.3, -0.25) is 4.90 Å². The van der Waals surface area contributed by atoms with Crippen LogP contribution in [0.4, 0.5) is 0 Å². The first-order valence-electron chi connectivity index (χ1n) is 4.86. The van der Waals surface area contributed by atoms with Gasteiger partial charge >= 0.3 is 0 Å². The Balaban J connectivity index is 2.41. The summed E-state index contributed by atoms with van der Waals surface area (Å²) in [5.74, 6) is 0. The third-order valence-electron chi connectivity index (χ3n) is 2.45. The average molecular weight is 184 g/mol. The Bertz CT molecular complexity index is 182. The van der Waals surface area contributed by atoms with Gasteiger partial charge in [-0.15, -0.1) is 0 Å². The van der Waals surface area contributed by atoms with Gasteiger partial charge in [-0.05, 0) is 19.4 Å². The molecule has 13 heavy (non-hydrogen) atoms. The van der Waals surface area contributed by atoms with Crippen LogP contribution in [-0.4, -0.2) is 43.3 Å². The van der Waals surface area contributed by atoms with Gasteiger partial charge in [0.05, 0.1) is 12.7 Å². The van der Waals surface area contributed by atoms with E-state index in [1.165, 1.54) is 0 Å². The molecule has 1 rings (SSSR count). The number of hydrogen-bond acceptors (Lipinski definition) is 3. The number of hydrogen-bond donors (Lipinski definition) is 1. The van der Waals surface area contributed by atoms with Crippen molar-refractivity contribution in [2.24, 2.45) is 5.73 Å². The number of morpholine rings is 1. The fraction of sp³-hybridized carbons (Fsp3) is 0.800. The molecule has 0 bridgehead atoms. The lowest BCUT2D eigenvalue weighted by Gasteiger charge is -2.37. The van der Waals surface area contributed by atoms with Crippen LogP contribution >= 0.6 is 0 Å². The van der Waals surface area contributed by atoms with Crippen molar-refractivity contribution in [3.8, 4) is 0 Å². The molecule has 0 amide bonds. The van der Waals surface area contributed by atoms with Crippen LogP contribution in [0, 0.1) is 0 Å². The Morgan fingerprint density at radius 3 is 2.92 bits per heavy atom. The summed E-state index contributed by atoms with van der Waals surface area (Å²) in [5.41, 5.74) is 6.61. The predicted octanol–water partition coefficient (Wildman–Crippen LogP) is 0.611. The van der Waals surface area contributed by atoms with Gasteiger partial charge in [0.15, 0.2) is 0 Å². The minimum Gasteiger partial charge on any atom is -0.376 e. The van der Waals surface area contributed by atoms with Crippen LogP contribution in [0.25, 0.3) is 0 Å². The van der Waals surface area contributed by atoms with E-state index in [9.17, 15) is 0 Å². The highest BCUT2D eigenvalue weighted by Gasteiger charge is 2.22. The Morgan fingerprint density at radius 2 is 2.31 bits per heavy atom. The molecule has 1 fully saturated rings. The van der Waals surface area contributed by atoms with Gasteiger partial charge in [-0.25, -0.2) is 0 Å². The van der Waals surface area contributed by atoms with E-state index in [0.29, 0.717) is 18.7 Å². The third kappa shape index (κ3) is 3.10. The quantitative estimate of drug-likeness (QED) is 0.653. The predicted molar refractivity (Wildman–Crippen MR) is 54.6 cm³/mol. The van der Waals surface area contributed by atoms with Crippen molar-refractivity contribution in [2.75, 3.05) is 26.2 Å². The summed E-state index contributed by atoms with van der Waals surface area (Å²) in [6, 6.07) is 0.486. The molecule has 3 nitrogen and oxygen atoms in total. The normalized spacial score (nSPS) is 30.4. The summed E-state index contributed by atoms with van der Waals surface area (Å²) in [6.07, 6.45) is 0.335. The van der Waals surface area contributed by atoms with Crippen LogP contribution in [0.5, 0.6) is 0 Å². The van der Waals surface area contributed by atoms with E-state index >= 15 is 0 Å². The van der Waals surface area contributed by atoms with Crippen LogP contribution in [-0.2, 0) is 4.74 Å². The molecule has 0 aromatic carbocycles. The summed E-state index contributed by atoms with van der Waals surface area (Å²) in [7, 11) is 0. The number of nitrogens with two attached hydrogens (primary N) is 1. The summed E-state index contributed by atoms with van der Waals surface area (Å²) >= 11 is 0. The summed E-state index contributed by atoms with van der Waals surface area (Å²) in [5, 5.41) is 0. The number of nitrogens with zero attached hydrogens (tertiary/aromatic N) is 1. The standard InChI is InChI=1S/C10H20N2O/c1-8(4-11)5-12-6-10(3)13-7-9(12)2/h9-10H,1,4-7,11H2,2-3H3. The van der Waals surface area contributed by atoms with Gasteiger partial charge in [0.25, 0.3) is 0 Å². The van der Waals surface area contributed by atoms with Crippen molar-refractivity contribution in [1.29, 1.82) is 0 Å². The van der Waals surface area contributed by atoms with Gasteiger partial charge in [0, 0.05) is 25.7 Å². The van der Waals surface area contributed by atoms with Crippen LogP contribution in [0.3, 0.4) is 0 Å². The molecule has 0 aromatic heterocycles. The topological polar surface area (TPSA) is 38.5 Å². The Labute approximate surface area is 80.5 Å². The first-order valence-corrected chi connectivity index (χ1v) is 4.86. The second-order valence-corrected chi connectivity index (χ2v) is 3.88. The van der Waals surface area contributed by atoms with Crippen molar-refractivity contribution >= 4 is 0 Å². The lowest BCUT2D eigenvalue weighted by Crippen LogP contribution is -2.48. The molecule has 76 valence electrons. The van der Waals surface area contributed by atoms with Gasteiger partial charge in [0.1, 0.15) is 0 Å². The smallest absolute Gasteiger partial charge is 0.0674 e. The highest BCUT2D eigenvalue weighted by Crippen LogP contribution is 2.12. The molecule has 3 heteroatoms. The largest absolute Gasteiger partial charge is 0.376 e. The first kappa shape index (κ1) is 10.7. The maximum absolute atomic E-state index is 5.53. The molecule has 1 heterocycles. The minimum absolute atomic E-state index is 0.335. The highest BCUT2D eigenvalue weighted by atomic mass is 16.5. The van der Waals surface area contributed by atoms with Gasteiger partial charge in [0.2, 0.25) is 0 Å². The van der Waals surface area contributed by atoms with Gasteiger partial charge in [-0.2, -0.15) is 0 Å². The lowest BCUT2D eigenvalue weighted by atomic mass is 10.1. The zero-order valence-corrected chi connectivity index (χ0v) is 8.62. The Hall–Kier alpha value is -0.380. The number of ether oxygens (including phenoxy) is 1. The summed E-state index contributed by atoms with van der Waals surface area (Å²) in [4.78, 5) is 2.38. The zero-order chi connectivity index (χ0) is 9.84. The van der Waals surface area contributed by atoms with Crippen molar-refractivity contribution in [1.82, 2.24) is 4.90 Å². The summed E-state index contributed by atoms with van der Waals surface area (Å²) < 4.78 is 5.53. The van der Waals surface area contributed by atoms with Gasteiger partial charge < -0.3 is 10.5 Å². The highest BCUT2D eigenvalue weighted by molar-refractivity contribution is 5.00. The van der Waals surface area contributed by atoms with E-state index in [2.05, 4.69) is 25.3 Å². The molecule has 0 aliphatic carbocycles. The second-order valence-electron chi connectivity index (χ2n) is 3.88. The molecule has 2 unspecified atom stereocenters. The molecule has 1 aliphatic rings. The van der Waals surface area contributed by atoms with Crippen molar-refractivity contribution in [3.05, 3.63) is 12.2 Å². The van der Waals surface area contributed by atoms with Crippen LogP contribution in [0.15, 0.2) is 12.2 Å². The molecule has 0 saturated carbocycles. The van der Waals surface area contributed by atoms with E-state index in [4.69, 9.17) is 10.5 Å². The van der Waals surface area contributed by atoms with E-state index in [0.717, 1.165) is 25.3 Å².